The summed E-state index contributed by atoms with van der Waals surface area (Å²) >= 11 is 0. The van der Waals surface area contributed by atoms with Crippen molar-refractivity contribution < 1.29 is 30.8 Å². The number of amides is 1. The van der Waals surface area contributed by atoms with Crippen molar-refractivity contribution in [3.05, 3.63) is 59.2 Å². The van der Waals surface area contributed by atoms with Gasteiger partial charge >= 0.3 is 0 Å². The maximum absolute atomic E-state index is 13.4. The SMILES string of the molecule is O=C(Nc1cc(F)c(F)c(F)c1)c1ccc(F)c(S(=O)(=O)Cl)c1. The first-order valence-electron chi connectivity index (χ1n) is 5.79. The third kappa shape index (κ3) is 3.80. The molecule has 0 unspecified atom stereocenters. The standard InChI is InChI=1S/C13H6ClF4NO3S/c14-23(21,22)11-3-6(1-2-8(11)15)13(20)19-7-4-9(16)12(18)10(17)5-7/h1-5H,(H,19,20). The molecule has 0 bridgehead atoms. The van der Waals surface area contributed by atoms with Gasteiger partial charge in [-0.25, -0.2) is 26.0 Å². The lowest BCUT2D eigenvalue weighted by atomic mass is 10.2. The number of rotatable bonds is 3. The average molecular weight is 368 g/mol. The predicted molar refractivity (Wildman–Crippen MR) is 73.7 cm³/mol. The summed E-state index contributed by atoms with van der Waals surface area (Å²) in [6, 6.07) is 3.34. The molecule has 0 aliphatic heterocycles. The van der Waals surface area contributed by atoms with Crippen molar-refractivity contribution in [2.24, 2.45) is 0 Å². The summed E-state index contributed by atoms with van der Waals surface area (Å²) in [5.41, 5.74) is -0.748. The minimum absolute atomic E-state index is 0.337. The van der Waals surface area contributed by atoms with Gasteiger partial charge in [-0.3, -0.25) is 4.79 Å². The number of carbonyl (C=O) groups is 1. The van der Waals surface area contributed by atoms with Gasteiger partial charge in [-0.15, -0.1) is 0 Å². The molecule has 0 aliphatic carbocycles. The highest BCUT2D eigenvalue weighted by Crippen LogP contribution is 2.22. The lowest BCUT2D eigenvalue weighted by molar-refractivity contribution is 0.102. The highest BCUT2D eigenvalue weighted by molar-refractivity contribution is 8.13. The van der Waals surface area contributed by atoms with E-state index in [1.54, 1.807) is 0 Å². The van der Waals surface area contributed by atoms with Gasteiger partial charge in [0.15, 0.2) is 17.5 Å². The Morgan fingerprint density at radius 3 is 2.04 bits per heavy atom. The van der Waals surface area contributed by atoms with Crippen molar-refractivity contribution in [2.45, 2.75) is 4.90 Å². The molecule has 1 amide bonds. The molecule has 2 aromatic carbocycles. The molecule has 1 N–H and O–H groups in total. The highest BCUT2D eigenvalue weighted by atomic mass is 35.7. The molecule has 0 spiro atoms. The fraction of sp³-hybridized carbons (Fsp3) is 0. The Labute approximate surface area is 132 Å². The molecule has 0 heterocycles. The van der Waals surface area contributed by atoms with Crippen molar-refractivity contribution in [2.75, 3.05) is 5.32 Å². The molecule has 0 saturated heterocycles. The maximum atomic E-state index is 13.4. The molecule has 0 saturated carbocycles. The van der Waals surface area contributed by atoms with Crippen LogP contribution in [0.5, 0.6) is 0 Å². The number of anilines is 1. The summed E-state index contributed by atoms with van der Waals surface area (Å²) in [5.74, 6) is -6.93. The predicted octanol–water partition coefficient (Wildman–Crippen LogP) is 3.42. The van der Waals surface area contributed by atoms with E-state index in [4.69, 9.17) is 10.7 Å². The second-order valence-electron chi connectivity index (χ2n) is 4.29. The van der Waals surface area contributed by atoms with Crippen molar-refractivity contribution >= 4 is 31.3 Å². The molecule has 0 radical (unpaired) electrons. The number of carbonyl (C=O) groups excluding carboxylic acids is 1. The lowest BCUT2D eigenvalue weighted by Gasteiger charge is -2.07. The summed E-state index contributed by atoms with van der Waals surface area (Å²) in [5, 5.41) is 2.02. The molecule has 23 heavy (non-hydrogen) atoms. The van der Waals surface area contributed by atoms with E-state index < -0.39 is 48.8 Å². The molecule has 2 rings (SSSR count). The van der Waals surface area contributed by atoms with Crippen LogP contribution in [-0.4, -0.2) is 14.3 Å². The van der Waals surface area contributed by atoms with Crippen LogP contribution in [0.4, 0.5) is 23.2 Å². The van der Waals surface area contributed by atoms with E-state index in [0.29, 0.717) is 24.3 Å². The van der Waals surface area contributed by atoms with Crippen molar-refractivity contribution in [1.29, 1.82) is 0 Å². The first kappa shape index (κ1) is 17.2. The van der Waals surface area contributed by atoms with Crippen LogP contribution in [0.2, 0.25) is 0 Å². The summed E-state index contributed by atoms with van der Waals surface area (Å²) < 4.78 is 74.6. The third-order valence-electron chi connectivity index (χ3n) is 2.70. The molecule has 0 aromatic heterocycles. The zero-order valence-corrected chi connectivity index (χ0v) is 12.5. The van der Waals surface area contributed by atoms with Crippen LogP contribution in [0.15, 0.2) is 35.2 Å². The Morgan fingerprint density at radius 1 is 0.957 bits per heavy atom. The molecule has 2 aromatic rings. The fourth-order valence-corrected chi connectivity index (χ4v) is 2.59. The zero-order chi connectivity index (χ0) is 17.4. The molecular formula is C13H6ClF4NO3S. The Balaban J connectivity index is 2.35. The lowest BCUT2D eigenvalue weighted by Crippen LogP contribution is -2.13. The first-order valence-corrected chi connectivity index (χ1v) is 8.10. The first-order chi connectivity index (χ1) is 10.6. The number of nitrogens with one attached hydrogen (secondary N) is 1. The average Bonchev–Trinajstić information content (AvgIpc) is 2.43. The van der Waals surface area contributed by atoms with E-state index in [-0.39, 0.29) is 5.56 Å². The zero-order valence-electron chi connectivity index (χ0n) is 10.9. The molecule has 122 valence electrons. The third-order valence-corrected chi connectivity index (χ3v) is 4.03. The van der Waals surface area contributed by atoms with Gasteiger partial charge in [0, 0.05) is 34.1 Å². The minimum atomic E-state index is -4.43. The summed E-state index contributed by atoms with van der Waals surface area (Å²) in [6.45, 7) is 0. The van der Waals surface area contributed by atoms with E-state index >= 15 is 0 Å². The van der Waals surface area contributed by atoms with E-state index in [2.05, 4.69) is 0 Å². The largest absolute Gasteiger partial charge is 0.322 e. The van der Waals surface area contributed by atoms with Crippen molar-refractivity contribution in [1.82, 2.24) is 0 Å². The molecule has 10 heteroatoms. The van der Waals surface area contributed by atoms with E-state index in [1.807, 2.05) is 5.32 Å². The normalized spacial score (nSPS) is 11.3. The number of halogens is 5. The quantitative estimate of drug-likeness (QED) is 0.513. The molecule has 0 fully saturated rings. The molecule has 4 nitrogen and oxygen atoms in total. The monoisotopic (exact) mass is 367 g/mol. The van der Waals surface area contributed by atoms with Gasteiger partial charge in [0.05, 0.1) is 0 Å². The Kier molecular flexibility index (Phi) is 4.62. The van der Waals surface area contributed by atoms with Gasteiger partial charge in [0.1, 0.15) is 10.7 Å². The second-order valence-corrected chi connectivity index (χ2v) is 6.83. The van der Waals surface area contributed by atoms with Crippen LogP contribution in [0.1, 0.15) is 10.4 Å². The van der Waals surface area contributed by atoms with Crippen LogP contribution in [-0.2, 0) is 9.05 Å². The van der Waals surface area contributed by atoms with Gasteiger partial charge in [-0.05, 0) is 18.2 Å². The summed E-state index contributed by atoms with van der Waals surface area (Å²) in [6.07, 6.45) is 0. The number of hydrogen-bond donors (Lipinski definition) is 1. The Morgan fingerprint density at radius 2 is 1.52 bits per heavy atom. The fourth-order valence-electron chi connectivity index (χ4n) is 1.66. The topological polar surface area (TPSA) is 63.2 Å². The summed E-state index contributed by atoms with van der Waals surface area (Å²) in [4.78, 5) is 11.0. The molecule has 0 atom stereocenters. The van der Waals surface area contributed by atoms with Crippen LogP contribution >= 0.6 is 10.7 Å². The van der Waals surface area contributed by atoms with Crippen LogP contribution in [0, 0.1) is 23.3 Å². The van der Waals surface area contributed by atoms with Gasteiger partial charge in [-0.1, -0.05) is 0 Å². The van der Waals surface area contributed by atoms with E-state index in [1.165, 1.54) is 0 Å². The molecular weight excluding hydrogens is 362 g/mol. The van der Waals surface area contributed by atoms with Gasteiger partial charge < -0.3 is 5.32 Å². The van der Waals surface area contributed by atoms with Gasteiger partial charge in [0.25, 0.3) is 15.0 Å². The van der Waals surface area contributed by atoms with Crippen molar-refractivity contribution in [3.63, 3.8) is 0 Å². The second kappa shape index (κ2) is 6.17. The molecule has 0 aliphatic rings. The highest BCUT2D eigenvalue weighted by Gasteiger charge is 2.19. The van der Waals surface area contributed by atoms with Crippen LogP contribution < -0.4 is 5.32 Å². The van der Waals surface area contributed by atoms with Crippen LogP contribution in [0.3, 0.4) is 0 Å². The Bertz CT molecular complexity index is 879. The summed E-state index contributed by atoms with van der Waals surface area (Å²) in [7, 11) is 0.586. The van der Waals surface area contributed by atoms with Gasteiger partial charge in [0.2, 0.25) is 0 Å². The maximum Gasteiger partial charge on any atom is 0.264 e. The van der Waals surface area contributed by atoms with Gasteiger partial charge in [-0.2, -0.15) is 0 Å². The Hall–Kier alpha value is -2.13. The van der Waals surface area contributed by atoms with E-state index in [0.717, 1.165) is 6.07 Å². The number of benzene rings is 2. The van der Waals surface area contributed by atoms with Crippen molar-refractivity contribution in [3.8, 4) is 0 Å². The minimum Gasteiger partial charge on any atom is -0.322 e. The number of hydrogen-bond acceptors (Lipinski definition) is 3. The van der Waals surface area contributed by atoms with E-state index in [9.17, 15) is 30.8 Å². The smallest absolute Gasteiger partial charge is 0.264 e. The van der Waals surface area contributed by atoms with Crippen LogP contribution in [0.25, 0.3) is 0 Å².